The molecule has 0 spiro atoms. The molecule has 1 fully saturated rings. The van der Waals surface area contributed by atoms with Crippen LogP contribution in [0.1, 0.15) is 44.6 Å². The molecule has 1 unspecified atom stereocenters. The van der Waals surface area contributed by atoms with E-state index in [1.807, 2.05) is 24.4 Å². The largest absolute Gasteiger partial charge is 0.451 e. The summed E-state index contributed by atoms with van der Waals surface area (Å²) in [7, 11) is -1.20. The van der Waals surface area contributed by atoms with Crippen LogP contribution in [0.5, 0.6) is 0 Å². The van der Waals surface area contributed by atoms with E-state index in [9.17, 15) is 0 Å². The Morgan fingerprint density at radius 1 is 1.14 bits per heavy atom. The first-order valence-corrected chi connectivity index (χ1v) is 10.3. The molecular weight excluding hydrogens is 349 g/mol. The second kappa shape index (κ2) is 9.66. The van der Waals surface area contributed by atoms with E-state index < -0.39 is 7.12 Å². The van der Waals surface area contributed by atoms with Crippen molar-refractivity contribution in [3.63, 3.8) is 0 Å². The van der Waals surface area contributed by atoms with Gasteiger partial charge in [-0.2, -0.15) is 0 Å². The first-order valence-electron chi connectivity index (χ1n) is 10.3. The van der Waals surface area contributed by atoms with E-state index in [2.05, 4.69) is 41.5 Å². The van der Waals surface area contributed by atoms with E-state index in [4.69, 9.17) is 15.8 Å². The summed E-state index contributed by atoms with van der Waals surface area (Å²) in [6.07, 6.45) is 7.28. The Kier molecular flexibility index (Phi) is 7.24. The molecule has 6 heteroatoms. The van der Waals surface area contributed by atoms with Gasteiger partial charge in [0.15, 0.2) is 0 Å². The molecule has 1 atom stereocenters. The average molecular weight is 381 g/mol. The van der Waals surface area contributed by atoms with Gasteiger partial charge in [0.1, 0.15) is 0 Å². The van der Waals surface area contributed by atoms with Crippen molar-refractivity contribution in [1.82, 2.24) is 10.3 Å². The normalized spacial score (nSPS) is 21.0. The van der Waals surface area contributed by atoms with Crippen LogP contribution in [0.25, 0.3) is 11.3 Å². The monoisotopic (exact) mass is 381 g/mol. The van der Waals surface area contributed by atoms with Crippen LogP contribution in [-0.2, 0) is 6.54 Å². The minimum atomic E-state index is -1.20. The summed E-state index contributed by atoms with van der Waals surface area (Å²) < 4.78 is 0. The number of nitrogens with two attached hydrogens (primary N) is 1. The molecule has 0 bridgehead atoms. The second-order valence-corrected chi connectivity index (χ2v) is 8.40. The van der Waals surface area contributed by atoms with Crippen molar-refractivity contribution >= 4 is 7.12 Å². The Morgan fingerprint density at radius 2 is 1.89 bits per heavy atom. The number of pyridine rings is 1. The number of rotatable bonds is 10. The topological polar surface area (TPSA) is 91.4 Å². The first kappa shape index (κ1) is 21.0. The maximum Gasteiger partial charge on any atom is 0.451 e. The molecule has 0 aliphatic heterocycles. The van der Waals surface area contributed by atoms with Crippen LogP contribution in [-0.4, -0.2) is 33.7 Å². The fourth-order valence-corrected chi connectivity index (χ4v) is 3.93. The lowest BCUT2D eigenvalue weighted by Gasteiger charge is -2.46. The Balaban J connectivity index is 1.38. The zero-order chi connectivity index (χ0) is 20.0. The summed E-state index contributed by atoms with van der Waals surface area (Å²) in [6, 6.07) is 15.0. The third kappa shape index (κ3) is 5.88. The van der Waals surface area contributed by atoms with Gasteiger partial charge in [0.25, 0.3) is 0 Å². The van der Waals surface area contributed by atoms with Crippen LogP contribution in [0.2, 0.25) is 6.32 Å². The lowest BCUT2D eigenvalue weighted by molar-refractivity contribution is 0.123. The van der Waals surface area contributed by atoms with Crippen LogP contribution in [0.3, 0.4) is 0 Å². The summed E-state index contributed by atoms with van der Waals surface area (Å²) in [5.74, 6) is 0.530. The van der Waals surface area contributed by atoms with Crippen LogP contribution in [0, 0.1) is 5.92 Å². The fraction of sp³-hybridized carbons (Fsp3) is 0.500. The van der Waals surface area contributed by atoms with Crippen LogP contribution < -0.4 is 11.1 Å². The second-order valence-electron chi connectivity index (χ2n) is 8.40. The molecule has 1 heterocycles. The molecule has 5 N–H and O–H groups in total. The zero-order valence-corrected chi connectivity index (χ0v) is 16.7. The van der Waals surface area contributed by atoms with Crippen molar-refractivity contribution < 1.29 is 10.0 Å². The molecule has 1 saturated carbocycles. The molecule has 5 nitrogen and oxygen atoms in total. The minimum Gasteiger partial charge on any atom is -0.427 e. The average Bonchev–Trinajstić information content (AvgIpc) is 2.65. The van der Waals surface area contributed by atoms with Gasteiger partial charge in [-0.25, -0.2) is 0 Å². The number of nitrogens with one attached hydrogen (secondary N) is 1. The number of benzene rings is 1. The third-order valence-corrected chi connectivity index (χ3v) is 5.99. The highest BCUT2D eigenvalue weighted by Crippen LogP contribution is 2.38. The lowest BCUT2D eigenvalue weighted by Crippen LogP contribution is -2.54. The Labute approximate surface area is 168 Å². The van der Waals surface area contributed by atoms with Gasteiger partial charge in [0.05, 0.1) is 5.69 Å². The van der Waals surface area contributed by atoms with Crippen LogP contribution in [0.4, 0.5) is 0 Å². The summed E-state index contributed by atoms with van der Waals surface area (Å²) in [5.41, 5.74) is 9.68. The maximum atomic E-state index is 8.92. The summed E-state index contributed by atoms with van der Waals surface area (Å²) in [6.45, 7) is 2.96. The van der Waals surface area contributed by atoms with E-state index in [1.54, 1.807) is 0 Å². The molecular formula is C22H32BN3O2. The van der Waals surface area contributed by atoms with Gasteiger partial charge in [-0.05, 0) is 50.1 Å². The first-order chi connectivity index (χ1) is 13.4. The van der Waals surface area contributed by atoms with Crippen molar-refractivity contribution in [2.45, 2.75) is 63.5 Å². The number of unbranched alkanes of at least 4 members (excludes halogenated alkanes) is 1. The highest BCUT2D eigenvalue weighted by atomic mass is 16.4. The Hall–Kier alpha value is -1.73. The molecule has 1 aliphatic rings. The van der Waals surface area contributed by atoms with Gasteiger partial charge < -0.3 is 21.1 Å². The predicted octanol–water partition coefficient (Wildman–Crippen LogP) is 2.98. The summed E-state index contributed by atoms with van der Waals surface area (Å²) in [5, 5.41) is 21.5. The van der Waals surface area contributed by atoms with E-state index in [0.29, 0.717) is 18.3 Å². The molecule has 1 aromatic heterocycles. The SMILES string of the molecule is CC(N)(CCCCB(O)O)C1CC(NCc2ccc(-c3ccccc3)nc2)C1. The molecule has 1 aromatic carbocycles. The Morgan fingerprint density at radius 3 is 2.54 bits per heavy atom. The zero-order valence-electron chi connectivity index (χ0n) is 16.7. The van der Waals surface area contributed by atoms with Crippen molar-refractivity contribution in [2.75, 3.05) is 0 Å². The number of hydrogen-bond donors (Lipinski definition) is 4. The molecule has 1 aliphatic carbocycles. The van der Waals surface area contributed by atoms with E-state index >= 15 is 0 Å². The van der Waals surface area contributed by atoms with Gasteiger partial charge >= 0.3 is 7.12 Å². The highest BCUT2D eigenvalue weighted by molar-refractivity contribution is 6.40. The van der Waals surface area contributed by atoms with Gasteiger partial charge in [0, 0.05) is 29.9 Å². The standard InChI is InChI=1S/C22H32BN3O2/c1-22(24,11-5-6-12-23(27)28)19-13-20(14-19)25-15-17-9-10-21(26-16-17)18-7-3-2-4-8-18/h2-4,7-10,16,19-20,25,27-28H,5-6,11-15,24H2,1H3. The molecule has 28 heavy (non-hydrogen) atoms. The number of aromatic nitrogens is 1. The van der Waals surface area contributed by atoms with Gasteiger partial charge in [-0.3, -0.25) is 4.98 Å². The van der Waals surface area contributed by atoms with Crippen LogP contribution in [0.15, 0.2) is 48.7 Å². The molecule has 0 amide bonds. The molecule has 3 rings (SSSR count). The summed E-state index contributed by atoms with van der Waals surface area (Å²) >= 11 is 0. The smallest absolute Gasteiger partial charge is 0.427 e. The number of hydrogen-bond acceptors (Lipinski definition) is 5. The summed E-state index contributed by atoms with van der Waals surface area (Å²) in [4.78, 5) is 4.58. The quantitative estimate of drug-likeness (QED) is 0.375. The van der Waals surface area contributed by atoms with Gasteiger partial charge in [-0.1, -0.05) is 49.2 Å². The van der Waals surface area contributed by atoms with Crippen molar-refractivity contribution in [3.05, 3.63) is 54.2 Å². The third-order valence-electron chi connectivity index (χ3n) is 5.99. The fourth-order valence-electron chi connectivity index (χ4n) is 3.93. The van der Waals surface area contributed by atoms with E-state index in [-0.39, 0.29) is 5.54 Å². The van der Waals surface area contributed by atoms with Crippen molar-refractivity contribution in [2.24, 2.45) is 11.7 Å². The lowest BCUT2D eigenvalue weighted by atomic mass is 9.67. The van der Waals surface area contributed by atoms with Crippen molar-refractivity contribution in [3.8, 4) is 11.3 Å². The molecule has 2 aromatic rings. The van der Waals surface area contributed by atoms with Crippen LogP contribution >= 0.6 is 0 Å². The minimum absolute atomic E-state index is 0.169. The Bertz CT molecular complexity index is 716. The van der Waals surface area contributed by atoms with Gasteiger partial charge in [-0.15, -0.1) is 0 Å². The molecule has 0 saturated heterocycles. The van der Waals surface area contributed by atoms with Crippen molar-refractivity contribution in [1.29, 1.82) is 0 Å². The molecule has 150 valence electrons. The predicted molar refractivity (Wildman–Crippen MR) is 114 cm³/mol. The van der Waals surface area contributed by atoms with E-state index in [0.717, 1.165) is 49.9 Å². The molecule has 0 radical (unpaired) electrons. The maximum absolute atomic E-state index is 8.92. The number of nitrogens with zero attached hydrogens (tertiary/aromatic N) is 1. The van der Waals surface area contributed by atoms with E-state index in [1.165, 1.54) is 5.56 Å². The highest BCUT2D eigenvalue weighted by Gasteiger charge is 2.39. The van der Waals surface area contributed by atoms with Gasteiger partial charge in [0.2, 0.25) is 0 Å².